The highest BCUT2D eigenvalue weighted by Gasteiger charge is 2.16. The molecule has 2 aromatic carbocycles. The van der Waals surface area contributed by atoms with E-state index in [2.05, 4.69) is 39.1 Å². The van der Waals surface area contributed by atoms with Crippen molar-refractivity contribution in [3.8, 4) is 5.75 Å². The maximum absolute atomic E-state index is 6.07. The number of hydrogen-bond acceptors (Lipinski definition) is 3. The van der Waals surface area contributed by atoms with Gasteiger partial charge in [-0.2, -0.15) is 0 Å². The van der Waals surface area contributed by atoms with Gasteiger partial charge < -0.3 is 4.84 Å². The van der Waals surface area contributed by atoms with Gasteiger partial charge in [0.05, 0.1) is 6.04 Å². The van der Waals surface area contributed by atoms with Crippen LogP contribution in [0.15, 0.2) is 77.5 Å². The van der Waals surface area contributed by atoms with Crippen LogP contribution in [0.5, 0.6) is 5.75 Å². The van der Waals surface area contributed by atoms with Gasteiger partial charge in [-0.15, -0.1) is 5.06 Å². The van der Waals surface area contributed by atoms with Gasteiger partial charge in [-0.1, -0.05) is 40.2 Å². The van der Waals surface area contributed by atoms with Crippen molar-refractivity contribution in [2.75, 3.05) is 7.05 Å². The zero-order valence-electron chi connectivity index (χ0n) is 13.7. The number of nitrogens with zero attached hydrogens (tertiary/aromatic N) is 2. The molecule has 0 saturated heterocycles. The summed E-state index contributed by atoms with van der Waals surface area (Å²) in [6.45, 7) is 2.02. The third-order valence-corrected chi connectivity index (χ3v) is 4.37. The third-order valence-electron chi connectivity index (χ3n) is 3.84. The van der Waals surface area contributed by atoms with Crippen LogP contribution in [0.25, 0.3) is 10.8 Å². The van der Waals surface area contributed by atoms with Crippen LogP contribution in [0.2, 0.25) is 0 Å². The van der Waals surface area contributed by atoms with E-state index in [9.17, 15) is 0 Å². The van der Waals surface area contributed by atoms with E-state index in [4.69, 9.17) is 4.84 Å². The smallest absolute Gasteiger partial charge is 0.148 e. The molecule has 0 aliphatic carbocycles. The molecule has 1 heterocycles. The standard InChI is InChI=1S/C20H19BrN2O/c1-3-4-20(15-5-8-18(21)9-6-15)23(2)24-19-10-7-17-14-22-12-11-16(17)13-19/h3-14,20H,1-2H3. The first-order valence-electron chi connectivity index (χ1n) is 7.80. The Labute approximate surface area is 150 Å². The number of fused-ring (bicyclic) bond motifs is 1. The predicted octanol–water partition coefficient (Wildman–Crippen LogP) is 5.54. The summed E-state index contributed by atoms with van der Waals surface area (Å²) < 4.78 is 1.07. The first-order chi connectivity index (χ1) is 11.7. The van der Waals surface area contributed by atoms with Gasteiger partial charge in [0, 0.05) is 29.3 Å². The molecule has 3 nitrogen and oxygen atoms in total. The van der Waals surface area contributed by atoms with Crippen molar-refractivity contribution in [2.24, 2.45) is 0 Å². The number of allylic oxidation sites excluding steroid dienone is 1. The molecule has 0 aliphatic rings. The Balaban J connectivity index is 1.84. The molecule has 0 saturated carbocycles. The molecule has 0 amide bonds. The largest absolute Gasteiger partial charge is 0.405 e. The average molecular weight is 383 g/mol. The summed E-state index contributed by atoms with van der Waals surface area (Å²) in [5.41, 5.74) is 1.17. The van der Waals surface area contributed by atoms with E-state index in [1.165, 1.54) is 5.56 Å². The second-order valence-corrected chi connectivity index (χ2v) is 6.46. The van der Waals surface area contributed by atoms with Crippen LogP contribution in [0, 0.1) is 0 Å². The fourth-order valence-electron chi connectivity index (χ4n) is 2.63. The topological polar surface area (TPSA) is 25.4 Å². The van der Waals surface area contributed by atoms with Crippen molar-refractivity contribution in [1.82, 2.24) is 10.0 Å². The van der Waals surface area contributed by atoms with Crippen LogP contribution in [0.4, 0.5) is 0 Å². The van der Waals surface area contributed by atoms with E-state index >= 15 is 0 Å². The first kappa shape index (κ1) is 16.7. The summed E-state index contributed by atoms with van der Waals surface area (Å²) in [5, 5.41) is 4.08. The van der Waals surface area contributed by atoms with Gasteiger partial charge in [-0.3, -0.25) is 4.98 Å². The lowest BCUT2D eigenvalue weighted by Crippen LogP contribution is -2.26. The molecule has 0 N–H and O–H groups in total. The fourth-order valence-corrected chi connectivity index (χ4v) is 2.89. The molecule has 1 unspecified atom stereocenters. The molecule has 3 aromatic rings. The number of rotatable bonds is 5. The predicted molar refractivity (Wildman–Crippen MR) is 102 cm³/mol. The van der Waals surface area contributed by atoms with Crippen LogP contribution in [-0.2, 0) is 0 Å². The van der Waals surface area contributed by atoms with Crippen LogP contribution in [-0.4, -0.2) is 17.1 Å². The SMILES string of the molecule is CC=CC(c1ccc(Br)cc1)N(C)Oc1ccc2cnccc2c1. The van der Waals surface area contributed by atoms with Gasteiger partial charge in [0.1, 0.15) is 5.75 Å². The quantitative estimate of drug-likeness (QED) is 0.427. The fraction of sp³-hybridized carbons (Fsp3) is 0.150. The van der Waals surface area contributed by atoms with E-state index in [0.29, 0.717) is 0 Å². The minimum absolute atomic E-state index is 0.0382. The zero-order chi connectivity index (χ0) is 16.9. The van der Waals surface area contributed by atoms with Crippen molar-refractivity contribution >= 4 is 26.7 Å². The van der Waals surface area contributed by atoms with Gasteiger partial charge in [-0.25, -0.2) is 0 Å². The number of pyridine rings is 1. The van der Waals surface area contributed by atoms with Crippen molar-refractivity contribution in [1.29, 1.82) is 0 Å². The molecular formula is C20H19BrN2O. The third kappa shape index (κ3) is 3.83. The molecule has 0 radical (unpaired) electrons. The number of benzene rings is 2. The lowest BCUT2D eigenvalue weighted by molar-refractivity contribution is -0.0570. The molecule has 0 aliphatic heterocycles. The Hall–Kier alpha value is -2.17. The number of likely N-dealkylation sites (N-methyl/N-ethyl adjacent to an activating group) is 1. The Kier molecular flexibility index (Phi) is 5.28. The van der Waals surface area contributed by atoms with E-state index < -0.39 is 0 Å². The molecule has 0 bridgehead atoms. The summed E-state index contributed by atoms with van der Waals surface area (Å²) >= 11 is 3.48. The summed E-state index contributed by atoms with van der Waals surface area (Å²) in [7, 11) is 1.95. The van der Waals surface area contributed by atoms with Gasteiger partial charge in [0.2, 0.25) is 0 Å². The maximum Gasteiger partial charge on any atom is 0.148 e. The summed E-state index contributed by atoms with van der Waals surface area (Å²) in [6, 6.07) is 16.3. The number of aromatic nitrogens is 1. The Bertz CT molecular complexity index is 846. The van der Waals surface area contributed by atoms with Gasteiger partial charge in [-0.05, 0) is 54.3 Å². The van der Waals surface area contributed by atoms with E-state index in [0.717, 1.165) is 21.0 Å². The van der Waals surface area contributed by atoms with Crippen LogP contribution in [0.1, 0.15) is 18.5 Å². The lowest BCUT2D eigenvalue weighted by Gasteiger charge is -2.26. The molecule has 4 heteroatoms. The molecular weight excluding hydrogens is 364 g/mol. The van der Waals surface area contributed by atoms with Gasteiger partial charge >= 0.3 is 0 Å². The molecule has 122 valence electrons. The second kappa shape index (κ2) is 7.60. The molecule has 0 spiro atoms. The van der Waals surface area contributed by atoms with Crippen LogP contribution >= 0.6 is 15.9 Å². The van der Waals surface area contributed by atoms with E-state index in [-0.39, 0.29) is 6.04 Å². The average Bonchev–Trinajstić information content (AvgIpc) is 2.60. The Morgan fingerprint density at radius 1 is 1.08 bits per heavy atom. The van der Waals surface area contributed by atoms with Crippen LogP contribution in [0.3, 0.4) is 0 Å². The summed E-state index contributed by atoms with van der Waals surface area (Å²) in [5.74, 6) is 0.808. The molecule has 1 aromatic heterocycles. The minimum Gasteiger partial charge on any atom is -0.405 e. The second-order valence-electron chi connectivity index (χ2n) is 5.54. The highest BCUT2D eigenvalue weighted by atomic mass is 79.9. The van der Waals surface area contributed by atoms with Gasteiger partial charge in [0.25, 0.3) is 0 Å². The van der Waals surface area contributed by atoms with Crippen LogP contribution < -0.4 is 4.84 Å². The lowest BCUT2D eigenvalue weighted by atomic mass is 10.1. The normalized spacial score (nSPS) is 12.8. The van der Waals surface area contributed by atoms with Gasteiger partial charge in [0.15, 0.2) is 0 Å². The minimum atomic E-state index is 0.0382. The molecule has 3 rings (SSSR count). The Morgan fingerprint density at radius 2 is 1.88 bits per heavy atom. The van der Waals surface area contributed by atoms with E-state index in [1.54, 1.807) is 6.20 Å². The number of hydrogen-bond donors (Lipinski definition) is 0. The van der Waals surface area contributed by atoms with Crippen molar-refractivity contribution in [2.45, 2.75) is 13.0 Å². The highest BCUT2D eigenvalue weighted by molar-refractivity contribution is 9.10. The summed E-state index contributed by atoms with van der Waals surface area (Å²) in [4.78, 5) is 10.2. The monoisotopic (exact) mass is 382 g/mol. The highest BCUT2D eigenvalue weighted by Crippen LogP contribution is 2.26. The molecule has 24 heavy (non-hydrogen) atoms. The number of hydroxylamine groups is 2. The Morgan fingerprint density at radius 3 is 2.62 bits per heavy atom. The van der Waals surface area contributed by atoms with E-state index in [1.807, 2.05) is 67.7 Å². The van der Waals surface area contributed by atoms with Crippen molar-refractivity contribution < 1.29 is 4.84 Å². The zero-order valence-corrected chi connectivity index (χ0v) is 15.3. The van der Waals surface area contributed by atoms with Crippen molar-refractivity contribution in [3.05, 3.63) is 83.1 Å². The molecule has 0 fully saturated rings. The summed E-state index contributed by atoms with van der Waals surface area (Å²) in [6.07, 6.45) is 7.81. The van der Waals surface area contributed by atoms with Crippen molar-refractivity contribution in [3.63, 3.8) is 0 Å². The first-order valence-corrected chi connectivity index (χ1v) is 8.59. The number of halogens is 1. The maximum atomic E-state index is 6.07. The molecule has 1 atom stereocenters.